The van der Waals surface area contributed by atoms with Crippen LogP contribution in [0.5, 0.6) is 0 Å². The van der Waals surface area contributed by atoms with E-state index in [1.54, 1.807) is 0 Å². The van der Waals surface area contributed by atoms with Gasteiger partial charge in [0.05, 0.1) is 12.8 Å². The Kier molecular flexibility index (Phi) is 4.78. The van der Waals surface area contributed by atoms with Gasteiger partial charge in [-0.2, -0.15) is 5.10 Å². The number of hydrogen-bond acceptors (Lipinski definition) is 4. The molecule has 2 aliphatic heterocycles. The first-order valence-electron chi connectivity index (χ1n) is 9.71. The molecule has 0 bridgehead atoms. The van der Waals surface area contributed by atoms with E-state index in [0.29, 0.717) is 18.5 Å². The lowest BCUT2D eigenvalue weighted by atomic mass is 9.82. The van der Waals surface area contributed by atoms with Gasteiger partial charge in [-0.1, -0.05) is 18.2 Å². The van der Waals surface area contributed by atoms with Crippen LogP contribution in [0.3, 0.4) is 0 Å². The van der Waals surface area contributed by atoms with Gasteiger partial charge in [0, 0.05) is 61.5 Å². The summed E-state index contributed by atoms with van der Waals surface area (Å²) in [6.45, 7) is 8.28. The number of aromatic nitrogens is 2. The highest BCUT2D eigenvalue weighted by Gasteiger charge is 2.53. The first-order valence-corrected chi connectivity index (χ1v) is 9.71. The van der Waals surface area contributed by atoms with E-state index in [1.165, 1.54) is 5.56 Å². The van der Waals surface area contributed by atoms with E-state index in [1.807, 2.05) is 46.1 Å². The molecule has 0 radical (unpaired) electrons. The van der Waals surface area contributed by atoms with Crippen molar-refractivity contribution in [2.45, 2.75) is 26.4 Å². The summed E-state index contributed by atoms with van der Waals surface area (Å²) in [5, 5.41) is 14.6. The Morgan fingerprint density at radius 3 is 2.67 bits per heavy atom. The molecule has 1 N–H and O–H groups in total. The van der Waals surface area contributed by atoms with Crippen LogP contribution in [0.2, 0.25) is 0 Å². The largest absolute Gasteiger partial charge is 0.396 e. The van der Waals surface area contributed by atoms with Gasteiger partial charge in [-0.15, -0.1) is 0 Å². The predicted molar refractivity (Wildman–Crippen MR) is 103 cm³/mol. The Morgan fingerprint density at radius 1 is 1.26 bits per heavy atom. The zero-order chi connectivity index (χ0) is 19.0. The second kappa shape index (κ2) is 7.09. The Hall–Kier alpha value is -2.18. The van der Waals surface area contributed by atoms with Crippen LogP contribution in [0, 0.1) is 11.3 Å². The van der Waals surface area contributed by atoms with E-state index in [-0.39, 0.29) is 17.9 Å². The summed E-state index contributed by atoms with van der Waals surface area (Å²) in [5.74, 6) is 0.387. The molecule has 2 saturated heterocycles. The molecule has 2 aliphatic rings. The Balaban J connectivity index is 1.43. The van der Waals surface area contributed by atoms with Crippen molar-refractivity contribution in [1.82, 2.24) is 19.6 Å². The van der Waals surface area contributed by atoms with E-state index >= 15 is 0 Å². The van der Waals surface area contributed by atoms with Gasteiger partial charge in [-0.25, -0.2) is 0 Å². The second-order valence-electron chi connectivity index (χ2n) is 8.36. The van der Waals surface area contributed by atoms with Crippen LogP contribution < -0.4 is 0 Å². The SMILES string of the molecule is CC(C)n1cc(CN2C[C@H]3CN(C(=O)c4ccccc4)C[C@@]3(CO)C2)cn1. The standard InChI is InChI=1S/C21H28N4O2/c1-16(2)25-10-17(8-22-25)9-23-11-19-12-24(14-21(19,13-23)15-26)20(27)18-6-4-3-5-7-18/h3-8,10,16,19,26H,9,11-15H2,1-2H3/t19-,21+/m0/s1. The van der Waals surface area contributed by atoms with Crippen molar-refractivity contribution in [1.29, 1.82) is 0 Å². The van der Waals surface area contributed by atoms with Crippen LogP contribution in [0.1, 0.15) is 35.8 Å². The average molecular weight is 368 g/mol. The summed E-state index contributed by atoms with van der Waals surface area (Å²) in [4.78, 5) is 17.1. The fourth-order valence-electron chi connectivity index (χ4n) is 4.55. The van der Waals surface area contributed by atoms with E-state index in [4.69, 9.17) is 0 Å². The second-order valence-corrected chi connectivity index (χ2v) is 8.36. The van der Waals surface area contributed by atoms with Gasteiger partial charge in [0.1, 0.15) is 0 Å². The van der Waals surface area contributed by atoms with Crippen LogP contribution in [0.4, 0.5) is 0 Å². The van der Waals surface area contributed by atoms with Crippen LogP contribution in [0.15, 0.2) is 42.7 Å². The van der Waals surface area contributed by atoms with Crippen molar-refractivity contribution in [3.05, 3.63) is 53.9 Å². The van der Waals surface area contributed by atoms with Crippen molar-refractivity contribution in [2.24, 2.45) is 11.3 Å². The molecule has 1 amide bonds. The molecule has 0 saturated carbocycles. The number of aliphatic hydroxyl groups is 1. The third-order valence-electron chi connectivity index (χ3n) is 6.04. The number of carbonyl (C=O) groups is 1. The number of likely N-dealkylation sites (tertiary alicyclic amines) is 2. The number of hydrogen-bond donors (Lipinski definition) is 1. The number of carbonyl (C=O) groups excluding carboxylic acids is 1. The molecule has 2 aromatic rings. The summed E-state index contributed by atoms with van der Waals surface area (Å²) in [5.41, 5.74) is 1.72. The van der Waals surface area contributed by atoms with Crippen molar-refractivity contribution < 1.29 is 9.90 Å². The van der Waals surface area contributed by atoms with Crippen LogP contribution >= 0.6 is 0 Å². The first-order chi connectivity index (χ1) is 13.0. The maximum Gasteiger partial charge on any atom is 0.253 e. The quantitative estimate of drug-likeness (QED) is 0.877. The summed E-state index contributed by atoms with van der Waals surface area (Å²) in [6.07, 6.45) is 4.04. The first kappa shape index (κ1) is 18.2. The molecule has 1 aromatic carbocycles. The molecule has 0 spiro atoms. The zero-order valence-corrected chi connectivity index (χ0v) is 16.1. The number of aliphatic hydroxyl groups excluding tert-OH is 1. The van der Waals surface area contributed by atoms with Gasteiger partial charge in [0.25, 0.3) is 5.91 Å². The molecule has 3 heterocycles. The lowest BCUT2D eigenvalue weighted by Gasteiger charge is -2.27. The van der Waals surface area contributed by atoms with Crippen molar-refractivity contribution in [3.8, 4) is 0 Å². The van der Waals surface area contributed by atoms with Crippen LogP contribution in [-0.2, 0) is 6.54 Å². The monoisotopic (exact) mass is 368 g/mol. The van der Waals surface area contributed by atoms with E-state index < -0.39 is 0 Å². The number of rotatable bonds is 5. The highest BCUT2D eigenvalue weighted by Crippen LogP contribution is 2.43. The number of nitrogens with zero attached hydrogens (tertiary/aromatic N) is 4. The average Bonchev–Trinajstić information content (AvgIpc) is 3.35. The normalized spacial score (nSPS) is 25.3. The maximum absolute atomic E-state index is 12.8. The van der Waals surface area contributed by atoms with Gasteiger partial charge in [-0.3, -0.25) is 14.4 Å². The van der Waals surface area contributed by atoms with Gasteiger partial charge < -0.3 is 10.0 Å². The molecule has 0 unspecified atom stereocenters. The highest BCUT2D eigenvalue weighted by molar-refractivity contribution is 5.94. The third-order valence-corrected chi connectivity index (χ3v) is 6.04. The van der Waals surface area contributed by atoms with Crippen LogP contribution in [-0.4, -0.2) is 63.4 Å². The third kappa shape index (κ3) is 3.39. The smallest absolute Gasteiger partial charge is 0.253 e. The van der Waals surface area contributed by atoms with Gasteiger partial charge in [-0.05, 0) is 31.9 Å². The maximum atomic E-state index is 12.8. The molecule has 2 atom stereocenters. The van der Waals surface area contributed by atoms with Crippen molar-refractivity contribution >= 4 is 5.91 Å². The fraction of sp³-hybridized carbons (Fsp3) is 0.524. The lowest BCUT2D eigenvalue weighted by molar-refractivity contribution is 0.0719. The molecule has 1 aromatic heterocycles. The predicted octanol–water partition coefficient (Wildman–Crippen LogP) is 2.03. The topological polar surface area (TPSA) is 61.6 Å². The molecule has 4 rings (SSSR count). The van der Waals surface area contributed by atoms with E-state index in [2.05, 4.69) is 30.0 Å². The van der Waals surface area contributed by atoms with Crippen LogP contribution in [0.25, 0.3) is 0 Å². The van der Waals surface area contributed by atoms with E-state index in [0.717, 1.165) is 31.7 Å². The minimum atomic E-state index is -0.210. The lowest BCUT2D eigenvalue weighted by Crippen LogP contribution is -2.38. The van der Waals surface area contributed by atoms with Crippen molar-refractivity contribution in [2.75, 3.05) is 32.8 Å². The molecule has 0 aliphatic carbocycles. The summed E-state index contributed by atoms with van der Waals surface area (Å²) in [7, 11) is 0. The zero-order valence-electron chi connectivity index (χ0n) is 16.1. The molecule has 144 valence electrons. The Labute approximate surface area is 160 Å². The molecule has 6 heteroatoms. The van der Waals surface area contributed by atoms with Gasteiger partial charge in [0.15, 0.2) is 0 Å². The van der Waals surface area contributed by atoms with Gasteiger partial charge in [0.2, 0.25) is 0 Å². The highest BCUT2D eigenvalue weighted by atomic mass is 16.3. The molecule has 27 heavy (non-hydrogen) atoms. The number of benzene rings is 1. The minimum absolute atomic E-state index is 0.0718. The van der Waals surface area contributed by atoms with Crippen molar-refractivity contribution in [3.63, 3.8) is 0 Å². The molecule has 2 fully saturated rings. The Bertz CT molecular complexity index is 804. The summed E-state index contributed by atoms with van der Waals surface area (Å²) >= 11 is 0. The molecular formula is C21H28N4O2. The van der Waals surface area contributed by atoms with Gasteiger partial charge >= 0.3 is 0 Å². The summed E-state index contributed by atoms with van der Waals surface area (Å²) < 4.78 is 1.98. The fourth-order valence-corrected chi connectivity index (χ4v) is 4.55. The number of fused-ring (bicyclic) bond motifs is 1. The number of amides is 1. The molecular weight excluding hydrogens is 340 g/mol. The minimum Gasteiger partial charge on any atom is -0.396 e. The molecule has 6 nitrogen and oxygen atoms in total. The Morgan fingerprint density at radius 2 is 2.04 bits per heavy atom. The van der Waals surface area contributed by atoms with E-state index in [9.17, 15) is 9.90 Å². The summed E-state index contributed by atoms with van der Waals surface area (Å²) in [6, 6.07) is 9.79.